The van der Waals surface area contributed by atoms with Crippen molar-refractivity contribution in [2.75, 3.05) is 31.1 Å². The Balaban J connectivity index is 2.83. The predicted octanol–water partition coefficient (Wildman–Crippen LogP) is 1.69. The third kappa shape index (κ3) is 3.71. The molecular formula is C13H22N2O2S. The van der Waals surface area contributed by atoms with Crippen LogP contribution in [-0.4, -0.2) is 38.7 Å². The molecule has 1 aromatic carbocycles. The van der Waals surface area contributed by atoms with Crippen LogP contribution >= 0.6 is 0 Å². The van der Waals surface area contributed by atoms with Crippen LogP contribution in [0.25, 0.3) is 0 Å². The van der Waals surface area contributed by atoms with E-state index in [1.807, 2.05) is 20.8 Å². The van der Waals surface area contributed by atoms with Gasteiger partial charge in [-0.1, -0.05) is 13.8 Å². The fourth-order valence-corrected chi connectivity index (χ4v) is 3.11. The Morgan fingerprint density at radius 1 is 1.22 bits per heavy atom. The van der Waals surface area contributed by atoms with Gasteiger partial charge in [-0.05, 0) is 43.8 Å². The number of anilines is 1. The van der Waals surface area contributed by atoms with Gasteiger partial charge in [0.25, 0.3) is 0 Å². The normalized spacial score (nSPS) is 12.0. The molecule has 0 saturated carbocycles. The van der Waals surface area contributed by atoms with E-state index in [1.165, 1.54) is 0 Å². The van der Waals surface area contributed by atoms with Gasteiger partial charge in [-0.2, -0.15) is 0 Å². The van der Waals surface area contributed by atoms with Crippen molar-refractivity contribution in [1.82, 2.24) is 4.90 Å². The molecule has 1 aromatic rings. The SMILES string of the molecule is CCN(CC)CCS(=O)(=O)c1ccc(N)c(C)c1. The maximum absolute atomic E-state index is 12.2. The summed E-state index contributed by atoms with van der Waals surface area (Å²) in [6.45, 7) is 8.18. The molecule has 0 spiro atoms. The van der Waals surface area contributed by atoms with E-state index in [2.05, 4.69) is 4.90 Å². The molecule has 4 nitrogen and oxygen atoms in total. The van der Waals surface area contributed by atoms with Crippen LogP contribution < -0.4 is 5.73 Å². The van der Waals surface area contributed by atoms with Gasteiger partial charge >= 0.3 is 0 Å². The molecule has 0 aliphatic heterocycles. The standard InChI is InChI=1S/C13H22N2O2S/c1-4-15(5-2)8-9-18(16,17)12-6-7-13(14)11(3)10-12/h6-7,10H,4-5,8-9,14H2,1-3H3. The van der Waals surface area contributed by atoms with Gasteiger partial charge in [0.15, 0.2) is 9.84 Å². The molecule has 0 amide bonds. The Labute approximate surface area is 110 Å². The van der Waals surface area contributed by atoms with Crippen molar-refractivity contribution in [2.45, 2.75) is 25.7 Å². The molecule has 0 aliphatic rings. The van der Waals surface area contributed by atoms with Gasteiger partial charge in [-0.15, -0.1) is 0 Å². The van der Waals surface area contributed by atoms with Gasteiger partial charge in [0.1, 0.15) is 0 Å². The number of nitrogens with zero attached hydrogens (tertiary/aromatic N) is 1. The first-order valence-corrected chi connectivity index (χ1v) is 7.87. The second kappa shape index (κ2) is 6.20. The molecule has 0 bridgehead atoms. The minimum atomic E-state index is -3.21. The molecule has 102 valence electrons. The van der Waals surface area contributed by atoms with Gasteiger partial charge in [-0.25, -0.2) is 8.42 Å². The van der Waals surface area contributed by atoms with E-state index in [1.54, 1.807) is 18.2 Å². The second-order valence-corrected chi connectivity index (χ2v) is 6.47. The summed E-state index contributed by atoms with van der Waals surface area (Å²) in [6.07, 6.45) is 0. The number of benzene rings is 1. The number of aryl methyl sites for hydroxylation is 1. The first-order valence-electron chi connectivity index (χ1n) is 6.22. The minimum absolute atomic E-state index is 0.151. The summed E-state index contributed by atoms with van der Waals surface area (Å²) in [7, 11) is -3.21. The van der Waals surface area contributed by atoms with E-state index in [9.17, 15) is 8.42 Å². The molecule has 0 unspecified atom stereocenters. The lowest BCUT2D eigenvalue weighted by atomic mass is 10.2. The zero-order valence-electron chi connectivity index (χ0n) is 11.3. The fourth-order valence-electron chi connectivity index (χ4n) is 1.75. The van der Waals surface area contributed by atoms with Crippen molar-refractivity contribution >= 4 is 15.5 Å². The van der Waals surface area contributed by atoms with Gasteiger partial charge in [0.05, 0.1) is 10.6 Å². The molecule has 0 saturated heterocycles. The predicted molar refractivity (Wildman–Crippen MR) is 75.4 cm³/mol. The topological polar surface area (TPSA) is 63.4 Å². The molecule has 0 fully saturated rings. The highest BCUT2D eigenvalue weighted by Crippen LogP contribution is 2.18. The lowest BCUT2D eigenvalue weighted by Gasteiger charge is -2.17. The molecule has 0 atom stereocenters. The summed E-state index contributed by atoms with van der Waals surface area (Å²) < 4.78 is 24.3. The third-order valence-electron chi connectivity index (χ3n) is 3.17. The van der Waals surface area contributed by atoms with Crippen molar-refractivity contribution in [2.24, 2.45) is 0 Å². The maximum atomic E-state index is 12.2. The number of rotatable bonds is 6. The Bertz CT molecular complexity index is 494. The quantitative estimate of drug-likeness (QED) is 0.799. The van der Waals surface area contributed by atoms with Crippen LogP contribution in [0.15, 0.2) is 23.1 Å². The summed E-state index contributed by atoms with van der Waals surface area (Å²) in [5.74, 6) is 0.151. The second-order valence-electron chi connectivity index (χ2n) is 4.36. The van der Waals surface area contributed by atoms with Crippen molar-refractivity contribution < 1.29 is 8.42 Å². The van der Waals surface area contributed by atoms with Gasteiger partial charge in [-0.3, -0.25) is 0 Å². The number of nitrogens with two attached hydrogens (primary N) is 1. The van der Waals surface area contributed by atoms with Crippen LogP contribution in [0.2, 0.25) is 0 Å². The maximum Gasteiger partial charge on any atom is 0.179 e. The van der Waals surface area contributed by atoms with Crippen LogP contribution in [0.4, 0.5) is 5.69 Å². The number of nitrogen functional groups attached to an aromatic ring is 1. The molecule has 0 aromatic heterocycles. The molecule has 18 heavy (non-hydrogen) atoms. The fraction of sp³-hybridized carbons (Fsp3) is 0.538. The van der Waals surface area contributed by atoms with E-state index in [4.69, 9.17) is 5.73 Å². The Hall–Kier alpha value is -1.07. The van der Waals surface area contributed by atoms with Crippen molar-refractivity contribution in [1.29, 1.82) is 0 Å². The van der Waals surface area contributed by atoms with Gasteiger partial charge in [0.2, 0.25) is 0 Å². The zero-order chi connectivity index (χ0) is 13.8. The van der Waals surface area contributed by atoms with Crippen molar-refractivity contribution in [3.05, 3.63) is 23.8 Å². The number of hydrogen-bond donors (Lipinski definition) is 1. The van der Waals surface area contributed by atoms with Crippen LogP contribution in [0, 0.1) is 6.92 Å². The average Bonchev–Trinajstić information content (AvgIpc) is 2.33. The van der Waals surface area contributed by atoms with E-state index in [-0.39, 0.29) is 5.75 Å². The van der Waals surface area contributed by atoms with Crippen LogP contribution in [0.1, 0.15) is 19.4 Å². The first-order chi connectivity index (χ1) is 8.40. The highest BCUT2D eigenvalue weighted by atomic mass is 32.2. The minimum Gasteiger partial charge on any atom is -0.399 e. The number of hydrogen-bond acceptors (Lipinski definition) is 4. The van der Waals surface area contributed by atoms with E-state index in [0.29, 0.717) is 17.1 Å². The van der Waals surface area contributed by atoms with Crippen molar-refractivity contribution in [3.8, 4) is 0 Å². The molecule has 0 heterocycles. The summed E-state index contributed by atoms with van der Waals surface area (Å²) in [5, 5.41) is 0. The lowest BCUT2D eigenvalue weighted by Crippen LogP contribution is -2.29. The average molecular weight is 270 g/mol. The largest absolute Gasteiger partial charge is 0.399 e. The Morgan fingerprint density at radius 3 is 2.33 bits per heavy atom. The molecular weight excluding hydrogens is 248 g/mol. The summed E-state index contributed by atoms with van der Waals surface area (Å²) >= 11 is 0. The smallest absolute Gasteiger partial charge is 0.179 e. The van der Waals surface area contributed by atoms with Crippen LogP contribution in [-0.2, 0) is 9.84 Å². The van der Waals surface area contributed by atoms with E-state index < -0.39 is 9.84 Å². The summed E-state index contributed by atoms with van der Waals surface area (Å²) in [4.78, 5) is 2.46. The van der Waals surface area contributed by atoms with Gasteiger partial charge in [0, 0.05) is 12.2 Å². The Morgan fingerprint density at radius 2 is 1.83 bits per heavy atom. The Kier molecular flexibility index (Phi) is 5.16. The summed E-state index contributed by atoms with van der Waals surface area (Å²) in [6, 6.07) is 4.88. The van der Waals surface area contributed by atoms with E-state index in [0.717, 1.165) is 18.7 Å². The van der Waals surface area contributed by atoms with E-state index >= 15 is 0 Å². The van der Waals surface area contributed by atoms with Crippen LogP contribution in [0.3, 0.4) is 0 Å². The molecule has 0 aliphatic carbocycles. The first kappa shape index (κ1) is 15.0. The molecule has 2 N–H and O–H groups in total. The molecule has 1 rings (SSSR count). The molecule has 0 radical (unpaired) electrons. The van der Waals surface area contributed by atoms with Crippen molar-refractivity contribution in [3.63, 3.8) is 0 Å². The monoisotopic (exact) mass is 270 g/mol. The lowest BCUT2D eigenvalue weighted by molar-refractivity contribution is 0.321. The summed E-state index contributed by atoms with van der Waals surface area (Å²) in [5.41, 5.74) is 7.12. The number of sulfone groups is 1. The third-order valence-corrected chi connectivity index (χ3v) is 4.86. The van der Waals surface area contributed by atoms with Gasteiger partial charge < -0.3 is 10.6 Å². The molecule has 5 heteroatoms. The highest BCUT2D eigenvalue weighted by molar-refractivity contribution is 7.91. The zero-order valence-corrected chi connectivity index (χ0v) is 12.1. The highest BCUT2D eigenvalue weighted by Gasteiger charge is 2.16. The van der Waals surface area contributed by atoms with Crippen LogP contribution in [0.5, 0.6) is 0 Å².